The van der Waals surface area contributed by atoms with Crippen LogP contribution in [0.2, 0.25) is 0 Å². The highest BCUT2D eigenvalue weighted by Gasteiger charge is 2.42. The van der Waals surface area contributed by atoms with Crippen LogP contribution in [0.1, 0.15) is 61.3 Å². The van der Waals surface area contributed by atoms with Crippen LogP contribution in [-0.4, -0.2) is 40.7 Å². The first-order valence-corrected chi connectivity index (χ1v) is 12.1. The van der Waals surface area contributed by atoms with Crippen molar-refractivity contribution in [1.29, 1.82) is 0 Å². The number of carbonyl (C=O) groups is 2. The lowest BCUT2D eigenvalue weighted by Crippen LogP contribution is -2.46. The summed E-state index contributed by atoms with van der Waals surface area (Å²) in [7, 11) is 0. The second-order valence-electron chi connectivity index (χ2n) is 9.43. The summed E-state index contributed by atoms with van der Waals surface area (Å²) in [4.78, 5) is 30.4. The molecule has 1 saturated carbocycles. The first-order valence-electron chi connectivity index (χ1n) is 12.1. The van der Waals surface area contributed by atoms with Crippen molar-refractivity contribution in [2.24, 2.45) is 5.92 Å². The molecule has 2 fully saturated rings. The fraction of sp³-hybridized carbons (Fsp3) is 0.429. The molecule has 2 aromatic rings. The fourth-order valence-electron chi connectivity index (χ4n) is 5.35. The van der Waals surface area contributed by atoms with Crippen LogP contribution in [0.25, 0.3) is 6.08 Å². The maximum atomic E-state index is 13.7. The van der Waals surface area contributed by atoms with E-state index in [1.807, 2.05) is 41.3 Å². The summed E-state index contributed by atoms with van der Waals surface area (Å²) >= 11 is 0. The summed E-state index contributed by atoms with van der Waals surface area (Å²) in [5.41, 5.74) is 3.80. The van der Waals surface area contributed by atoms with Gasteiger partial charge in [-0.15, -0.1) is 0 Å². The zero-order chi connectivity index (χ0) is 21.9. The summed E-state index contributed by atoms with van der Waals surface area (Å²) in [5, 5.41) is 0. The van der Waals surface area contributed by atoms with Crippen LogP contribution in [-0.2, 0) is 16.0 Å². The zero-order valence-electron chi connectivity index (χ0n) is 18.7. The number of aryl methyl sites for hydroxylation is 1. The monoisotopic (exact) mass is 428 g/mol. The van der Waals surface area contributed by atoms with Gasteiger partial charge in [0.25, 0.3) is 0 Å². The summed E-state index contributed by atoms with van der Waals surface area (Å²) in [6.45, 7) is 1.32. The molecule has 0 aromatic heterocycles. The maximum absolute atomic E-state index is 13.7. The highest BCUT2D eigenvalue weighted by molar-refractivity contribution is 5.92. The van der Waals surface area contributed by atoms with Gasteiger partial charge in [-0.1, -0.05) is 54.6 Å². The second kappa shape index (κ2) is 9.32. The molecule has 4 heteroatoms. The first-order chi connectivity index (χ1) is 15.7. The topological polar surface area (TPSA) is 40.6 Å². The van der Waals surface area contributed by atoms with Gasteiger partial charge in [0.1, 0.15) is 0 Å². The van der Waals surface area contributed by atoms with E-state index in [2.05, 4.69) is 29.2 Å². The summed E-state index contributed by atoms with van der Waals surface area (Å²) in [6, 6.07) is 19.2. The van der Waals surface area contributed by atoms with Crippen molar-refractivity contribution >= 4 is 17.9 Å². The highest BCUT2D eigenvalue weighted by Crippen LogP contribution is 2.42. The predicted octanol–water partition coefficient (Wildman–Crippen LogP) is 5.01. The van der Waals surface area contributed by atoms with Crippen LogP contribution in [0.5, 0.6) is 0 Å². The number of fused-ring (bicyclic) bond motifs is 1. The van der Waals surface area contributed by atoms with E-state index in [9.17, 15) is 9.59 Å². The molecule has 166 valence electrons. The molecule has 2 aromatic carbocycles. The SMILES string of the molecule is O=C(C=Cc1ccccc1)N1CCC(C(=O)N(C2CC2)C2CCCc3ccccc32)CC1. The quantitative estimate of drug-likeness (QED) is 0.629. The van der Waals surface area contributed by atoms with Crippen molar-refractivity contribution in [3.63, 3.8) is 0 Å². The Kier molecular flexibility index (Phi) is 6.11. The molecule has 1 heterocycles. The Morgan fingerprint density at radius 3 is 2.34 bits per heavy atom. The van der Waals surface area contributed by atoms with E-state index in [1.54, 1.807) is 6.08 Å². The molecule has 2 aliphatic carbocycles. The van der Waals surface area contributed by atoms with Gasteiger partial charge in [-0.25, -0.2) is 0 Å². The van der Waals surface area contributed by atoms with E-state index in [0.29, 0.717) is 25.0 Å². The Morgan fingerprint density at radius 1 is 0.875 bits per heavy atom. The summed E-state index contributed by atoms with van der Waals surface area (Å²) < 4.78 is 0. The smallest absolute Gasteiger partial charge is 0.246 e. The normalized spacial score (nSPS) is 21.4. The van der Waals surface area contributed by atoms with Gasteiger partial charge in [-0.2, -0.15) is 0 Å². The molecule has 1 saturated heterocycles. The van der Waals surface area contributed by atoms with Crippen LogP contribution < -0.4 is 0 Å². The molecule has 32 heavy (non-hydrogen) atoms. The maximum Gasteiger partial charge on any atom is 0.246 e. The fourth-order valence-corrected chi connectivity index (χ4v) is 5.35. The molecular weight excluding hydrogens is 396 g/mol. The number of likely N-dealkylation sites (tertiary alicyclic amines) is 1. The third-order valence-corrected chi connectivity index (χ3v) is 7.24. The number of hydrogen-bond donors (Lipinski definition) is 0. The number of nitrogens with zero attached hydrogens (tertiary/aromatic N) is 2. The van der Waals surface area contributed by atoms with Gasteiger partial charge < -0.3 is 9.80 Å². The highest BCUT2D eigenvalue weighted by atomic mass is 16.2. The van der Waals surface area contributed by atoms with Gasteiger partial charge in [0.05, 0.1) is 6.04 Å². The molecule has 1 atom stereocenters. The molecule has 1 unspecified atom stereocenters. The molecular formula is C28H32N2O2. The van der Waals surface area contributed by atoms with E-state index >= 15 is 0 Å². The lowest BCUT2D eigenvalue weighted by atomic mass is 9.85. The number of hydrogen-bond acceptors (Lipinski definition) is 2. The number of amides is 2. The minimum Gasteiger partial charge on any atom is -0.339 e. The predicted molar refractivity (Wildman–Crippen MR) is 127 cm³/mol. The third-order valence-electron chi connectivity index (χ3n) is 7.24. The van der Waals surface area contributed by atoms with Crippen LogP contribution in [0, 0.1) is 5.92 Å². The van der Waals surface area contributed by atoms with Crippen molar-refractivity contribution in [1.82, 2.24) is 9.80 Å². The van der Waals surface area contributed by atoms with Crippen LogP contribution in [0.15, 0.2) is 60.7 Å². The van der Waals surface area contributed by atoms with Crippen molar-refractivity contribution < 1.29 is 9.59 Å². The summed E-state index contributed by atoms with van der Waals surface area (Å²) in [6.07, 6.45) is 10.7. The van der Waals surface area contributed by atoms with Crippen molar-refractivity contribution in [2.45, 2.75) is 57.0 Å². The van der Waals surface area contributed by atoms with Crippen LogP contribution >= 0.6 is 0 Å². The molecule has 2 amide bonds. The van der Waals surface area contributed by atoms with E-state index in [0.717, 1.165) is 50.5 Å². The summed E-state index contributed by atoms with van der Waals surface area (Å²) in [5.74, 6) is 0.396. The Labute approximate surface area is 190 Å². The number of piperidine rings is 1. The Hall–Kier alpha value is -2.88. The van der Waals surface area contributed by atoms with Gasteiger partial charge in [0.2, 0.25) is 11.8 Å². The first kappa shape index (κ1) is 21.0. The van der Waals surface area contributed by atoms with Gasteiger partial charge in [-0.05, 0) is 67.7 Å². The van der Waals surface area contributed by atoms with Gasteiger partial charge >= 0.3 is 0 Å². The molecule has 3 aliphatic rings. The Bertz CT molecular complexity index is 988. The van der Waals surface area contributed by atoms with Gasteiger partial charge in [-0.3, -0.25) is 9.59 Å². The van der Waals surface area contributed by atoms with Crippen LogP contribution in [0.4, 0.5) is 0 Å². The zero-order valence-corrected chi connectivity index (χ0v) is 18.7. The largest absolute Gasteiger partial charge is 0.339 e. The van der Waals surface area contributed by atoms with E-state index in [-0.39, 0.29) is 17.9 Å². The van der Waals surface area contributed by atoms with E-state index < -0.39 is 0 Å². The molecule has 0 spiro atoms. The van der Waals surface area contributed by atoms with Crippen molar-refractivity contribution in [2.75, 3.05) is 13.1 Å². The van der Waals surface area contributed by atoms with Crippen molar-refractivity contribution in [3.8, 4) is 0 Å². The lowest BCUT2D eigenvalue weighted by molar-refractivity contribution is -0.142. The standard InChI is InChI=1S/C28H32N2O2/c31-27(16-13-21-7-2-1-3-8-21)29-19-17-23(18-20-29)28(32)30(24-14-15-24)26-12-6-10-22-9-4-5-11-25(22)26/h1-5,7-9,11,13,16,23-24,26H,6,10,12,14-15,17-20H2. The Balaban J connectivity index is 1.23. The average Bonchev–Trinajstić information content (AvgIpc) is 3.69. The minimum atomic E-state index is 0.0341. The number of benzene rings is 2. The third kappa shape index (κ3) is 4.50. The molecule has 4 nitrogen and oxygen atoms in total. The molecule has 0 radical (unpaired) electrons. The minimum absolute atomic E-state index is 0.0341. The number of rotatable bonds is 5. The Morgan fingerprint density at radius 2 is 1.59 bits per heavy atom. The second-order valence-corrected chi connectivity index (χ2v) is 9.43. The molecule has 1 aliphatic heterocycles. The average molecular weight is 429 g/mol. The number of carbonyl (C=O) groups excluding carboxylic acids is 2. The van der Waals surface area contributed by atoms with Crippen LogP contribution in [0.3, 0.4) is 0 Å². The molecule has 0 N–H and O–H groups in total. The lowest BCUT2D eigenvalue weighted by Gasteiger charge is -2.40. The van der Waals surface area contributed by atoms with Gasteiger partial charge in [0, 0.05) is 31.1 Å². The van der Waals surface area contributed by atoms with E-state index in [1.165, 1.54) is 11.1 Å². The van der Waals surface area contributed by atoms with Gasteiger partial charge in [0.15, 0.2) is 0 Å². The molecule has 0 bridgehead atoms. The van der Waals surface area contributed by atoms with E-state index in [4.69, 9.17) is 0 Å². The molecule has 5 rings (SSSR count). The van der Waals surface area contributed by atoms with Crippen molar-refractivity contribution in [3.05, 3.63) is 77.4 Å².